The van der Waals surface area contributed by atoms with Gasteiger partial charge < -0.3 is 16.2 Å². The molecule has 20 heavy (non-hydrogen) atoms. The topological polar surface area (TPSA) is 75.3 Å². The van der Waals surface area contributed by atoms with Gasteiger partial charge in [0.05, 0.1) is 17.3 Å². The summed E-state index contributed by atoms with van der Waals surface area (Å²) in [5.41, 5.74) is 7.59. The standard InChI is InChI=1S/C14H20N2O2.C2H6/c15-12-3-1-2-4-13(12)16-9-10-5-7-11(8-6-10)14(17)18;1-2/h1-4,10-11,16H,5-9,15H2,(H,17,18);1-2H3. The van der Waals surface area contributed by atoms with Crippen molar-refractivity contribution in [2.24, 2.45) is 11.8 Å². The smallest absolute Gasteiger partial charge is 0.306 e. The number of hydrogen-bond acceptors (Lipinski definition) is 3. The highest BCUT2D eigenvalue weighted by molar-refractivity contribution is 5.70. The fraction of sp³-hybridized carbons (Fsp3) is 0.562. The molecule has 0 radical (unpaired) electrons. The first-order valence-electron chi connectivity index (χ1n) is 7.48. The Morgan fingerprint density at radius 2 is 1.85 bits per heavy atom. The molecule has 1 fully saturated rings. The van der Waals surface area contributed by atoms with Crippen molar-refractivity contribution in [3.8, 4) is 0 Å². The van der Waals surface area contributed by atoms with Gasteiger partial charge in [0.2, 0.25) is 0 Å². The second-order valence-corrected chi connectivity index (χ2v) is 5.02. The Balaban J connectivity index is 0.000000956. The van der Waals surface area contributed by atoms with E-state index in [1.165, 1.54) is 0 Å². The number of anilines is 2. The number of carbonyl (C=O) groups is 1. The quantitative estimate of drug-likeness (QED) is 0.736. The van der Waals surface area contributed by atoms with E-state index in [1.807, 2.05) is 38.1 Å². The number of nitrogens with two attached hydrogens (primary N) is 1. The average molecular weight is 278 g/mol. The van der Waals surface area contributed by atoms with Crippen molar-refractivity contribution in [3.63, 3.8) is 0 Å². The maximum Gasteiger partial charge on any atom is 0.306 e. The maximum atomic E-state index is 10.9. The van der Waals surface area contributed by atoms with E-state index in [1.54, 1.807) is 0 Å². The monoisotopic (exact) mass is 278 g/mol. The second-order valence-electron chi connectivity index (χ2n) is 5.02. The van der Waals surface area contributed by atoms with Crippen LogP contribution in [-0.4, -0.2) is 17.6 Å². The molecule has 0 amide bonds. The summed E-state index contributed by atoms with van der Waals surface area (Å²) in [4.78, 5) is 10.9. The first kappa shape index (κ1) is 16.3. The highest BCUT2D eigenvalue weighted by atomic mass is 16.4. The van der Waals surface area contributed by atoms with Gasteiger partial charge in [-0.15, -0.1) is 0 Å². The molecule has 0 spiro atoms. The molecular weight excluding hydrogens is 252 g/mol. The molecule has 1 aliphatic carbocycles. The van der Waals surface area contributed by atoms with Gasteiger partial charge in [-0.2, -0.15) is 0 Å². The van der Waals surface area contributed by atoms with E-state index in [2.05, 4.69) is 5.32 Å². The molecule has 1 aliphatic rings. The number of carboxylic acids is 1. The molecule has 0 bridgehead atoms. The summed E-state index contributed by atoms with van der Waals surface area (Å²) >= 11 is 0. The van der Waals surface area contributed by atoms with Gasteiger partial charge in [0.25, 0.3) is 0 Å². The summed E-state index contributed by atoms with van der Waals surface area (Å²) in [7, 11) is 0. The molecule has 2 rings (SSSR count). The van der Waals surface area contributed by atoms with Gasteiger partial charge in [-0.05, 0) is 43.7 Å². The normalized spacial score (nSPS) is 21.5. The van der Waals surface area contributed by atoms with Crippen LogP contribution in [0.5, 0.6) is 0 Å². The highest BCUT2D eigenvalue weighted by Crippen LogP contribution is 2.29. The van der Waals surface area contributed by atoms with Crippen molar-refractivity contribution >= 4 is 17.3 Å². The van der Waals surface area contributed by atoms with Gasteiger partial charge in [-0.25, -0.2) is 0 Å². The second kappa shape index (κ2) is 8.46. The molecule has 0 aliphatic heterocycles. The van der Waals surface area contributed by atoms with E-state index < -0.39 is 5.97 Å². The molecular formula is C16H26N2O2. The zero-order valence-corrected chi connectivity index (χ0v) is 12.4. The van der Waals surface area contributed by atoms with E-state index >= 15 is 0 Å². The Labute approximate surface area is 121 Å². The molecule has 0 saturated heterocycles. The predicted molar refractivity (Wildman–Crippen MR) is 83.8 cm³/mol. The summed E-state index contributed by atoms with van der Waals surface area (Å²) in [6.45, 7) is 4.88. The largest absolute Gasteiger partial charge is 0.481 e. The van der Waals surface area contributed by atoms with Crippen molar-refractivity contribution in [1.29, 1.82) is 0 Å². The Morgan fingerprint density at radius 3 is 2.40 bits per heavy atom. The molecule has 0 aromatic heterocycles. The lowest BCUT2D eigenvalue weighted by Gasteiger charge is -2.26. The van der Waals surface area contributed by atoms with E-state index in [0.29, 0.717) is 5.92 Å². The van der Waals surface area contributed by atoms with Crippen LogP contribution in [-0.2, 0) is 4.79 Å². The summed E-state index contributed by atoms with van der Waals surface area (Å²) in [5, 5.41) is 12.3. The Hall–Kier alpha value is -1.71. The third-order valence-electron chi connectivity index (χ3n) is 3.74. The summed E-state index contributed by atoms with van der Waals surface area (Å²) in [6.07, 6.45) is 3.56. The van der Waals surface area contributed by atoms with Crippen molar-refractivity contribution in [3.05, 3.63) is 24.3 Å². The Kier molecular flexibility index (Phi) is 6.91. The minimum atomic E-state index is -0.645. The number of rotatable bonds is 4. The Morgan fingerprint density at radius 1 is 1.25 bits per heavy atom. The molecule has 1 saturated carbocycles. The van der Waals surface area contributed by atoms with Gasteiger partial charge in [0.1, 0.15) is 0 Å². The van der Waals surface area contributed by atoms with Crippen molar-refractivity contribution in [2.45, 2.75) is 39.5 Å². The molecule has 4 N–H and O–H groups in total. The third-order valence-corrected chi connectivity index (χ3v) is 3.74. The van der Waals surface area contributed by atoms with E-state index in [-0.39, 0.29) is 5.92 Å². The van der Waals surface area contributed by atoms with Crippen LogP contribution < -0.4 is 11.1 Å². The van der Waals surface area contributed by atoms with Gasteiger partial charge in [-0.3, -0.25) is 4.79 Å². The van der Waals surface area contributed by atoms with Crippen LogP contribution in [0.1, 0.15) is 39.5 Å². The van der Waals surface area contributed by atoms with E-state index in [0.717, 1.165) is 43.6 Å². The van der Waals surface area contributed by atoms with Gasteiger partial charge in [0, 0.05) is 6.54 Å². The molecule has 0 unspecified atom stereocenters. The first-order valence-corrected chi connectivity index (χ1v) is 7.48. The average Bonchev–Trinajstić information content (AvgIpc) is 2.49. The summed E-state index contributed by atoms with van der Waals surface area (Å²) in [5.74, 6) is -0.225. The number of para-hydroxylation sites is 2. The lowest BCUT2D eigenvalue weighted by molar-refractivity contribution is -0.143. The zero-order valence-electron chi connectivity index (χ0n) is 12.4. The molecule has 1 aromatic carbocycles. The first-order chi connectivity index (χ1) is 9.66. The van der Waals surface area contributed by atoms with E-state index in [4.69, 9.17) is 10.8 Å². The summed E-state index contributed by atoms with van der Waals surface area (Å²) in [6, 6.07) is 7.72. The van der Waals surface area contributed by atoms with Crippen LogP contribution in [0, 0.1) is 11.8 Å². The van der Waals surface area contributed by atoms with Crippen LogP contribution in [0.4, 0.5) is 11.4 Å². The minimum Gasteiger partial charge on any atom is -0.481 e. The fourth-order valence-electron chi connectivity index (χ4n) is 2.53. The van der Waals surface area contributed by atoms with Crippen LogP contribution in [0.25, 0.3) is 0 Å². The fourth-order valence-corrected chi connectivity index (χ4v) is 2.53. The maximum absolute atomic E-state index is 10.9. The third kappa shape index (κ3) is 4.76. The molecule has 112 valence electrons. The van der Waals surface area contributed by atoms with Gasteiger partial charge in [0.15, 0.2) is 0 Å². The number of aliphatic carboxylic acids is 1. The van der Waals surface area contributed by atoms with Crippen LogP contribution >= 0.6 is 0 Å². The molecule has 4 nitrogen and oxygen atoms in total. The minimum absolute atomic E-state index is 0.136. The number of benzene rings is 1. The SMILES string of the molecule is CC.Nc1ccccc1NCC1CCC(C(=O)O)CC1. The van der Waals surface area contributed by atoms with Crippen LogP contribution in [0.3, 0.4) is 0 Å². The van der Waals surface area contributed by atoms with Crippen LogP contribution in [0.15, 0.2) is 24.3 Å². The summed E-state index contributed by atoms with van der Waals surface area (Å²) < 4.78 is 0. The van der Waals surface area contributed by atoms with Gasteiger partial charge >= 0.3 is 5.97 Å². The highest BCUT2D eigenvalue weighted by Gasteiger charge is 2.25. The van der Waals surface area contributed by atoms with Gasteiger partial charge in [-0.1, -0.05) is 26.0 Å². The van der Waals surface area contributed by atoms with E-state index in [9.17, 15) is 4.79 Å². The number of carboxylic acid groups (broad SMARTS) is 1. The van der Waals surface area contributed by atoms with Crippen LogP contribution in [0.2, 0.25) is 0 Å². The zero-order chi connectivity index (χ0) is 15.0. The molecule has 0 heterocycles. The van der Waals surface area contributed by atoms with Crippen molar-refractivity contribution in [1.82, 2.24) is 0 Å². The lowest BCUT2D eigenvalue weighted by atomic mass is 9.82. The van der Waals surface area contributed by atoms with Crippen molar-refractivity contribution < 1.29 is 9.90 Å². The predicted octanol–water partition coefficient (Wildman–Crippen LogP) is 3.60. The number of nitrogens with one attached hydrogen (secondary N) is 1. The Bertz CT molecular complexity index is 413. The molecule has 0 atom stereocenters. The van der Waals surface area contributed by atoms with Crippen molar-refractivity contribution in [2.75, 3.05) is 17.6 Å². The molecule has 1 aromatic rings. The number of nitrogen functional groups attached to an aromatic ring is 1. The molecule has 4 heteroatoms. The lowest BCUT2D eigenvalue weighted by Crippen LogP contribution is -2.25. The number of hydrogen-bond donors (Lipinski definition) is 3.